The van der Waals surface area contributed by atoms with Crippen molar-refractivity contribution in [3.63, 3.8) is 0 Å². The first-order valence-electron chi connectivity index (χ1n) is 8.04. The van der Waals surface area contributed by atoms with Crippen LogP contribution >= 0.6 is 11.8 Å². The molecule has 6 heteroatoms. The van der Waals surface area contributed by atoms with Crippen molar-refractivity contribution in [2.75, 3.05) is 37.8 Å². The number of nitrogens with one attached hydrogen (secondary N) is 1. The predicted octanol–water partition coefficient (Wildman–Crippen LogP) is 2.64. The summed E-state index contributed by atoms with van der Waals surface area (Å²) in [5.41, 5.74) is 1.98. The summed E-state index contributed by atoms with van der Waals surface area (Å²) in [4.78, 5) is 17.8. The molecule has 1 aromatic carbocycles. The van der Waals surface area contributed by atoms with Gasteiger partial charge in [0.1, 0.15) is 0 Å². The van der Waals surface area contributed by atoms with Crippen LogP contribution in [0.4, 0.5) is 10.5 Å². The number of aliphatic hydroxyl groups excluding tert-OH is 1. The summed E-state index contributed by atoms with van der Waals surface area (Å²) in [6.07, 6.45) is 1.68. The third-order valence-electron chi connectivity index (χ3n) is 4.18. The van der Waals surface area contributed by atoms with Gasteiger partial charge in [0.05, 0.1) is 11.8 Å². The van der Waals surface area contributed by atoms with E-state index in [0.29, 0.717) is 13.1 Å². The van der Waals surface area contributed by atoms with Crippen LogP contribution in [0.2, 0.25) is 0 Å². The van der Waals surface area contributed by atoms with E-state index in [1.165, 1.54) is 0 Å². The minimum absolute atomic E-state index is 0.0428. The van der Waals surface area contributed by atoms with Gasteiger partial charge in [0.15, 0.2) is 0 Å². The molecule has 128 valence electrons. The minimum Gasteiger partial charge on any atom is -0.392 e. The van der Waals surface area contributed by atoms with Crippen molar-refractivity contribution < 1.29 is 9.90 Å². The highest BCUT2D eigenvalue weighted by Gasteiger charge is 2.28. The fourth-order valence-corrected chi connectivity index (χ4v) is 3.65. The van der Waals surface area contributed by atoms with Crippen LogP contribution in [0, 0.1) is 6.92 Å². The summed E-state index contributed by atoms with van der Waals surface area (Å²) >= 11 is 1.64. The molecular formula is C17H27N3O2S. The first kappa shape index (κ1) is 18.1. The number of aryl methyl sites for hydroxylation is 1. The van der Waals surface area contributed by atoms with Gasteiger partial charge in [-0.25, -0.2) is 4.79 Å². The van der Waals surface area contributed by atoms with Crippen LogP contribution in [0.25, 0.3) is 0 Å². The lowest BCUT2D eigenvalue weighted by atomic mass is 10.1. The monoisotopic (exact) mass is 337 g/mol. The first-order chi connectivity index (χ1) is 10.9. The Kier molecular flexibility index (Phi) is 6.33. The largest absolute Gasteiger partial charge is 0.392 e. The molecule has 0 radical (unpaired) electrons. The predicted molar refractivity (Wildman–Crippen MR) is 96.3 cm³/mol. The van der Waals surface area contributed by atoms with Gasteiger partial charge in [-0.05, 0) is 38.7 Å². The summed E-state index contributed by atoms with van der Waals surface area (Å²) in [6.45, 7) is 8.80. The summed E-state index contributed by atoms with van der Waals surface area (Å²) in [5.74, 6) is 0. The molecule has 0 bridgehead atoms. The quantitative estimate of drug-likeness (QED) is 0.830. The number of carbonyl (C=O) groups excluding carboxylic acids is 1. The molecule has 2 atom stereocenters. The number of piperazine rings is 1. The van der Waals surface area contributed by atoms with E-state index in [9.17, 15) is 9.90 Å². The maximum atomic E-state index is 12.7. The van der Waals surface area contributed by atoms with E-state index in [-0.39, 0.29) is 18.2 Å². The van der Waals surface area contributed by atoms with E-state index in [2.05, 4.69) is 17.1 Å². The van der Waals surface area contributed by atoms with Gasteiger partial charge in [-0.2, -0.15) is 0 Å². The van der Waals surface area contributed by atoms with Gasteiger partial charge in [0.2, 0.25) is 0 Å². The van der Waals surface area contributed by atoms with Crippen molar-refractivity contribution in [2.45, 2.75) is 37.8 Å². The van der Waals surface area contributed by atoms with Crippen molar-refractivity contribution in [1.29, 1.82) is 0 Å². The topological polar surface area (TPSA) is 55.8 Å². The Bertz CT molecular complexity index is 551. The molecule has 1 aliphatic rings. The molecule has 1 fully saturated rings. The number of anilines is 1. The van der Waals surface area contributed by atoms with Crippen LogP contribution in [0.3, 0.4) is 0 Å². The van der Waals surface area contributed by atoms with Crippen molar-refractivity contribution in [2.24, 2.45) is 0 Å². The third-order valence-corrected chi connectivity index (χ3v) is 4.96. The zero-order chi connectivity index (χ0) is 17.0. The van der Waals surface area contributed by atoms with Gasteiger partial charge in [-0.3, -0.25) is 4.90 Å². The number of hydrogen-bond acceptors (Lipinski definition) is 4. The number of thioether (sulfide) groups is 1. The normalized spacial score (nSPS) is 20.4. The van der Waals surface area contributed by atoms with E-state index >= 15 is 0 Å². The lowest BCUT2D eigenvalue weighted by molar-refractivity contribution is 0.0691. The molecule has 2 amide bonds. The SMILES string of the molecule is CSc1cccc(C)c1NC(=O)N1CCN(C[C@@H](C)O)C[C@H]1C. The van der Waals surface area contributed by atoms with E-state index in [4.69, 9.17) is 0 Å². The fourth-order valence-electron chi connectivity index (χ4n) is 3.02. The highest BCUT2D eigenvalue weighted by molar-refractivity contribution is 7.98. The Hall–Kier alpha value is -1.24. The van der Waals surface area contributed by atoms with Gasteiger partial charge < -0.3 is 15.3 Å². The van der Waals surface area contributed by atoms with Crippen LogP contribution in [0.1, 0.15) is 19.4 Å². The van der Waals surface area contributed by atoms with Crippen molar-refractivity contribution in [1.82, 2.24) is 9.80 Å². The summed E-state index contributed by atoms with van der Waals surface area (Å²) in [5, 5.41) is 12.6. The Labute approximate surface area is 143 Å². The molecule has 1 aromatic rings. The average Bonchev–Trinajstić information content (AvgIpc) is 2.48. The first-order valence-corrected chi connectivity index (χ1v) is 9.26. The smallest absolute Gasteiger partial charge is 0.322 e. The lowest BCUT2D eigenvalue weighted by Gasteiger charge is -2.40. The number of amides is 2. The number of β-amino-alcohol motifs (C(OH)–C–C–N with tert-alkyl or cyclic N) is 1. The lowest BCUT2D eigenvalue weighted by Crippen LogP contribution is -2.56. The van der Waals surface area contributed by atoms with Gasteiger partial charge in [-0.15, -0.1) is 11.8 Å². The molecule has 1 heterocycles. The molecule has 0 spiro atoms. The maximum Gasteiger partial charge on any atom is 0.322 e. The number of hydrogen-bond donors (Lipinski definition) is 2. The Morgan fingerprint density at radius 1 is 1.48 bits per heavy atom. The number of benzene rings is 1. The number of nitrogens with zero attached hydrogens (tertiary/aromatic N) is 2. The zero-order valence-electron chi connectivity index (χ0n) is 14.4. The van der Waals surface area contributed by atoms with Crippen LogP contribution in [-0.4, -0.2) is 65.5 Å². The van der Waals surface area contributed by atoms with Crippen LogP contribution < -0.4 is 5.32 Å². The number of urea groups is 1. The second-order valence-electron chi connectivity index (χ2n) is 6.23. The standard InChI is InChI=1S/C17H27N3O2S/c1-12-6-5-7-15(23-4)16(12)18-17(22)20-9-8-19(10-13(20)2)11-14(3)21/h5-7,13-14,21H,8-11H2,1-4H3,(H,18,22)/t13-,14-/m1/s1. The van der Waals surface area contributed by atoms with Crippen molar-refractivity contribution in [3.8, 4) is 0 Å². The Morgan fingerprint density at radius 2 is 2.22 bits per heavy atom. The van der Waals surface area contributed by atoms with E-state index < -0.39 is 0 Å². The Balaban J connectivity index is 2.02. The molecular weight excluding hydrogens is 310 g/mol. The minimum atomic E-state index is -0.335. The third kappa shape index (κ3) is 4.62. The second-order valence-corrected chi connectivity index (χ2v) is 7.08. The molecule has 5 nitrogen and oxygen atoms in total. The van der Waals surface area contributed by atoms with Crippen molar-refractivity contribution >= 4 is 23.5 Å². The van der Waals surface area contributed by atoms with E-state index in [1.54, 1.807) is 18.7 Å². The molecule has 1 aliphatic heterocycles. The number of rotatable bonds is 4. The molecule has 23 heavy (non-hydrogen) atoms. The van der Waals surface area contributed by atoms with E-state index in [1.807, 2.05) is 36.3 Å². The van der Waals surface area contributed by atoms with Gasteiger partial charge in [-0.1, -0.05) is 12.1 Å². The summed E-state index contributed by atoms with van der Waals surface area (Å²) in [6, 6.07) is 6.13. The van der Waals surface area contributed by atoms with Crippen LogP contribution in [0.5, 0.6) is 0 Å². The highest BCUT2D eigenvalue weighted by Crippen LogP contribution is 2.29. The summed E-state index contributed by atoms with van der Waals surface area (Å²) < 4.78 is 0. The molecule has 0 saturated carbocycles. The number of carbonyl (C=O) groups is 1. The molecule has 0 unspecified atom stereocenters. The van der Waals surface area contributed by atoms with E-state index in [0.717, 1.165) is 29.2 Å². The fraction of sp³-hybridized carbons (Fsp3) is 0.588. The van der Waals surface area contributed by atoms with Crippen LogP contribution in [0.15, 0.2) is 23.1 Å². The molecule has 0 aliphatic carbocycles. The average molecular weight is 337 g/mol. The highest BCUT2D eigenvalue weighted by atomic mass is 32.2. The summed E-state index contributed by atoms with van der Waals surface area (Å²) in [7, 11) is 0. The van der Waals surface area contributed by atoms with Gasteiger partial charge >= 0.3 is 6.03 Å². The molecule has 2 rings (SSSR count). The van der Waals surface area contributed by atoms with Crippen molar-refractivity contribution in [3.05, 3.63) is 23.8 Å². The maximum absolute atomic E-state index is 12.7. The zero-order valence-corrected chi connectivity index (χ0v) is 15.2. The second kappa shape index (κ2) is 8.04. The van der Waals surface area contributed by atoms with Gasteiger partial charge in [0.25, 0.3) is 0 Å². The van der Waals surface area contributed by atoms with Crippen LogP contribution in [-0.2, 0) is 0 Å². The van der Waals surface area contributed by atoms with Gasteiger partial charge in [0, 0.05) is 37.1 Å². The Morgan fingerprint density at radius 3 is 2.83 bits per heavy atom. The number of aliphatic hydroxyl groups is 1. The molecule has 0 aromatic heterocycles. The molecule has 1 saturated heterocycles. The molecule has 2 N–H and O–H groups in total. The number of para-hydroxylation sites is 1.